The number of amides is 1. The van der Waals surface area contributed by atoms with E-state index >= 15 is 0 Å². The second-order valence-electron chi connectivity index (χ2n) is 5.29. The van der Waals surface area contributed by atoms with E-state index in [0.717, 1.165) is 0 Å². The maximum absolute atomic E-state index is 12.4. The number of hydrogen-bond donors (Lipinski definition) is 1. The van der Waals surface area contributed by atoms with Crippen molar-refractivity contribution in [1.29, 1.82) is 0 Å². The lowest BCUT2D eigenvalue weighted by Crippen LogP contribution is -2.20. The van der Waals surface area contributed by atoms with Gasteiger partial charge in [0.25, 0.3) is 5.91 Å². The van der Waals surface area contributed by atoms with Gasteiger partial charge in [-0.05, 0) is 44.2 Å². The Morgan fingerprint density at radius 2 is 1.83 bits per heavy atom. The summed E-state index contributed by atoms with van der Waals surface area (Å²) in [5, 5.41) is 3.15. The van der Waals surface area contributed by atoms with E-state index in [4.69, 9.17) is 21.1 Å². The summed E-state index contributed by atoms with van der Waals surface area (Å²) < 4.78 is 10.4. The lowest BCUT2D eigenvalue weighted by molar-refractivity contribution is -0.149. The van der Waals surface area contributed by atoms with E-state index in [-0.39, 0.29) is 29.9 Å². The number of esters is 1. The van der Waals surface area contributed by atoms with Crippen LogP contribution in [0, 0.1) is 0 Å². The van der Waals surface area contributed by atoms with Crippen LogP contribution >= 0.6 is 11.6 Å². The van der Waals surface area contributed by atoms with Crippen molar-refractivity contribution < 1.29 is 19.1 Å². The zero-order chi connectivity index (χ0) is 17.5. The Kier molecular flexibility index (Phi) is 6.21. The molecule has 0 bridgehead atoms. The van der Waals surface area contributed by atoms with Crippen molar-refractivity contribution in [2.45, 2.75) is 20.0 Å². The van der Waals surface area contributed by atoms with Crippen LogP contribution in [-0.4, -0.2) is 24.6 Å². The Balaban J connectivity index is 2.12. The minimum absolute atomic E-state index is 0.229. The summed E-state index contributed by atoms with van der Waals surface area (Å²) >= 11 is 5.97. The van der Waals surface area contributed by atoms with E-state index in [1.807, 2.05) is 18.2 Å². The van der Waals surface area contributed by atoms with Crippen LogP contribution < -0.4 is 10.1 Å². The minimum atomic E-state index is -0.505. The van der Waals surface area contributed by atoms with E-state index in [9.17, 15) is 9.59 Å². The highest BCUT2D eigenvalue weighted by atomic mass is 35.5. The lowest BCUT2D eigenvalue weighted by Gasteiger charge is -2.13. The molecule has 0 aliphatic rings. The van der Waals surface area contributed by atoms with E-state index in [0.29, 0.717) is 10.7 Å². The molecule has 1 N–H and O–H groups in total. The zero-order valence-corrected chi connectivity index (χ0v) is 14.2. The maximum Gasteiger partial charge on any atom is 0.344 e. The van der Waals surface area contributed by atoms with Crippen molar-refractivity contribution >= 4 is 29.2 Å². The fourth-order valence-corrected chi connectivity index (χ4v) is 2.13. The molecule has 126 valence electrons. The first-order valence-electron chi connectivity index (χ1n) is 7.44. The highest BCUT2D eigenvalue weighted by molar-refractivity contribution is 6.31. The average molecular weight is 348 g/mol. The Hall–Kier alpha value is -2.53. The quantitative estimate of drug-likeness (QED) is 0.804. The molecule has 2 rings (SSSR count). The number of rotatable bonds is 6. The third-order valence-corrected chi connectivity index (χ3v) is 3.17. The number of ether oxygens (including phenoxy) is 2. The molecule has 0 aromatic heterocycles. The number of halogens is 1. The van der Waals surface area contributed by atoms with Crippen LogP contribution in [0.3, 0.4) is 0 Å². The highest BCUT2D eigenvalue weighted by Crippen LogP contribution is 2.24. The fourth-order valence-electron chi connectivity index (χ4n) is 1.96. The zero-order valence-electron chi connectivity index (χ0n) is 13.4. The van der Waals surface area contributed by atoms with Crippen LogP contribution in [0.5, 0.6) is 5.75 Å². The van der Waals surface area contributed by atoms with Crippen LogP contribution in [0.2, 0.25) is 5.02 Å². The number of carbonyl (C=O) groups excluding carboxylic acids is 2. The smallest absolute Gasteiger partial charge is 0.344 e. The van der Waals surface area contributed by atoms with E-state index in [2.05, 4.69) is 5.32 Å². The average Bonchev–Trinajstić information content (AvgIpc) is 2.54. The van der Waals surface area contributed by atoms with Gasteiger partial charge >= 0.3 is 5.97 Å². The molecule has 0 saturated carbocycles. The van der Waals surface area contributed by atoms with Crippen molar-refractivity contribution in [3.05, 3.63) is 59.1 Å². The van der Waals surface area contributed by atoms with Gasteiger partial charge in [-0.1, -0.05) is 29.8 Å². The van der Waals surface area contributed by atoms with Gasteiger partial charge in [0, 0.05) is 10.7 Å². The predicted molar refractivity (Wildman–Crippen MR) is 92.6 cm³/mol. The van der Waals surface area contributed by atoms with Crippen molar-refractivity contribution in [2.24, 2.45) is 0 Å². The summed E-state index contributed by atoms with van der Waals surface area (Å²) in [6.45, 7) is 3.21. The van der Waals surface area contributed by atoms with Crippen molar-refractivity contribution in [1.82, 2.24) is 0 Å². The van der Waals surface area contributed by atoms with Crippen LogP contribution in [0.25, 0.3) is 0 Å². The fraction of sp³-hybridized carbons (Fsp3) is 0.222. The SMILES string of the molecule is CC(C)OC(=O)COc1ccc(Cl)cc1C(=O)Nc1ccccc1. The van der Waals surface area contributed by atoms with Crippen molar-refractivity contribution in [3.8, 4) is 5.75 Å². The van der Waals surface area contributed by atoms with E-state index < -0.39 is 5.97 Å². The van der Waals surface area contributed by atoms with Gasteiger partial charge in [0.1, 0.15) is 5.75 Å². The van der Waals surface area contributed by atoms with Crippen molar-refractivity contribution in [2.75, 3.05) is 11.9 Å². The second-order valence-corrected chi connectivity index (χ2v) is 5.72. The topological polar surface area (TPSA) is 64.6 Å². The van der Waals surface area contributed by atoms with Gasteiger partial charge in [0.05, 0.1) is 11.7 Å². The number of anilines is 1. The monoisotopic (exact) mass is 347 g/mol. The standard InChI is InChI=1S/C18H18ClNO4/c1-12(2)24-17(21)11-23-16-9-8-13(19)10-15(16)18(22)20-14-6-4-3-5-7-14/h3-10,12H,11H2,1-2H3,(H,20,22). The molecule has 0 saturated heterocycles. The number of hydrogen-bond acceptors (Lipinski definition) is 4. The normalized spacial score (nSPS) is 10.3. The molecular weight excluding hydrogens is 330 g/mol. The van der Waals surface area contributed by atoms with Crippen LogP contribution in [-0.2, 0) is 9.53 Å². The Morgan fingerprint density at radius 1 is 1.12 bits per heavy atom. The van der Waals surface area contributed by atoms with Gasteiger partial charge in [-0.2, -0.15) is 0 Å². The molecule has 0 radical (unpaired) electrons. The summed E-state index contributed by atoms with van der Waals surface area (Å²) in [7, 11) is 0. The van der Waals surface area contributed by atoms with E-state index in [1.165, 1.54) is 6.07 Å². The molecule has 0 heterocycles. The van der Waals surface area contributed by atoms with Crippen LogP contribution in [0.4, 0.5) is 5.69 Å². The van der Waals surface area contributed by atoms with Gasteiger partial charge in [-0.3, -0.25) is 4.79 Å². The van der Waals surface area contributed by atoms with Crippen LogP contribution in [0.15, 0.2) is 48.5 Å². The molecule has 24 heavy (non-hydrogen) atoms. The third-order valence-electron chi connectivity index (χ3n) is 2.93. The molecule has 1 amide bonds. The van der Waals surface area contributed by atoms with Gasteiger partial charge in [0.2, 0.25) is 0 Å². The molecule has 0 fully saturated rings. The summed E-state index contributed by atoms with van der Waals surface area (Å²) in [6, 6.07) is 13.6. The number of para-hydroxylation sites is 1. The molecule has 5 nitrogen and oxygen atoms in total. The molecule has 0 spiro atoms. The summed E-state index contributed by atoms with van der Waals surface area (Å²) in [4.78, 5) is 24.0. The highest BCUT2D eigenvalue weighted by Gasteiger charge is 2.15. The second kappa shape index (κ2) is 8.36. The number of benzene rings is 2. The Bertz CT molecular complexity index is 716. The molecular formula is C18H18ClNO4. The van der Waals surface area contributed by atoms with Gasteiger partial charge < -0.3 is 14.8 Å². The maximum atomic E-state index is 12.4. The lowest BCUT2D eigenvalue weighted by atomic mass is 10.2. The summed E-state index contributed by atoms with van der Waals surface area (Å²) in [6.07, 6.45) is -0.229. The summed E-state index contributed by atoms with van der Waals surface area (Å²) in [5.41, 5.74) is 0.886. The molecule has 0 unspecified atom stereocenters. The van der Waals surface area contributed by atoms with Crippen molar-refractivity contribution in [3.63, 3.8) is 0 Å². The minimum Gasteiger partial charge on any atom is -0.481 e. The predicted octanol–water partition coefficient (Wildman–Crippen LogP) is 3.92. The molecule has 0 aliphatic heterocycles. The molecule has 2 aromatic rings. The Labute approximate surface area is 145 Å². The molecule has 2 aromatic carbocycles. The van der Waals surface area contributed by atoms with Gasteiger partial charge in [0.15, 0.2) is 6.61 Å². The largest absolute Gasteiger partial charge is 0.481 e. The van der Waals surface area contributed by atoms with Gasteiger partial charge in [-0.25, -0.2) is 4.79 Å². The third kappa shape index (κ3) is 5.28. The molecule has 0 atom stereocenters. The first-order valence-corrected chi connectivity index (χ1v) is 7.81. The first kappa shape index (κ1) is 17.8. The molecule has 0 aliphatic carbocycles. The van der Waals surface area contributed by atoms with E-state index in [1.54, 1.807) is 38.1 Å². The number of carbonyl (C=O) groups is 2. The first-order chi connectivity index (χ1) is 11.5. The Morgan fingerprint density at radius 3 is 2.50 bits per heavy atom. The summed E-state index contributed by atoms with van der Waals surface area (Å²) in [5.74, 6) is -0.626. The number of nitrogens with one attached hydrogen (secondary N) is 1. The van der Waals surface area contributed by atoms with Crippen LogP contribution in [0.1, 0.15) is 24.2 Å². The molecule has 6 heteroatoms. The van der Waals surface area contributed by atoms with Gasteiger partial charge in [-0.15, -0.1) is 0 Å².